The maximum atomic E-state index is 13.6. The molecule has 3 aromatic rings. The number of rotatable bonds is 3. The average molecular weight is 337 g/mol. The Morgan fingerprint density at radius 3 is 2.84 bits per heavy atom. The third-order valence-corrected chi connectivity index (χ3v) is 4.64. The van der Waals surface area contributed by atoms with Crippen LogP contribution in [0.4, 0.5) is 4.39 Å². The zero-order valence-corrected chi connectivity index (χ0v) is 14.2. The van der Waals surface area contributed by atoms with E-state index in [0.29, 0.717) is 0 Å². The van der Waals surface area contributed by atoms with E-state index in [1.807, 2.05) is 24.0 Å². The number of hydrogen-bond donors (Lipinski definition) is 0. The van der Waals surface area contributed by atoms with Gasteiger partial charge in [-0.3, -0.25) is 9.58 Å². The van der Waals surface area contributed by atoms with Gasteiger partial charge in [0.1, 0.15) is 12.1 Å². The van der Waals surface area contributed by atoms with Gasteiger partial charge in [0, 0.05) is 61.7 Å². The molecule has 0 fully saturated rings. The number of aromatic nitrogens is 4. The zero-order valence-electron chi connectivity index (χ0n) is 14.2. The largest absolute Gasteiger partial charge is 0.298 e. The van der Waals surface area contributed by atoms with Crippen LogP contribution in [0.1, 0.15) is 16.8 Å². The van der Waals surface area contributed by atoms with E-state index in [9.17, 15) is 4.39 Å². The van der Waals surface area contributed by atoms with E-state index in [4.69, 9.17) is 0 Å². The van der Waals surface area contributed by atoms with E-state index in [-0.39, 0.29) is 5.82 Å². The van der Waals surface area contributed by atoms with Crippen molar-refractivity contribution in [1.82, 2.24) is 24.6 Å². The van der Waals surface area contributed by atoms with Gasteiger partial charge in [-0.05, 0) is 18.6 Å². The lowest BCUT2D eigenvalue weighted by molar-refractivity contribution is 0.279. The predicted molar refractivity (Wildman–Crippen MR) is 93.3 cm³/mol. The van der Waals surface area contributed by atoms with Crippen molar-refractivity contribution in [3.05, 3.63) is 65.6 Å². The molecule has 25 heavy (non-hydrogen) atoms. The first-order valence-electron chi connectivity index (χ1n) is 8.47. The van der Waals surface area contributed by atoms with Crippen LogP contribution in [0, 0.1) is 5.82 Å². The minimum atomic E-state index is -0.239. The molecule has 5 nitrogen and oxygen atoms in total. The lowest BCUT2D eigenvalue weighted by atomic mass is 10.0. The summed E-state index contributed by atoms with van der Waals surface area (Å²) in [6.45, 7) is 2.75. The fourth-order valence-electron chi connectivity index (χ4n) is 3.43. The average Bonchev–Trinajstić information content (AvgIpc) is 2.90. The number of halogens is 1. The number of hydrogen-bond acceptors (Lipinski definition) is 4. The quantitative estimate of drug-likeness (QED) is 0.737. The Morgan fingerprint density at radius 1 is 1.16 bits per heavy atom. The van der Waals surface area contributed by atoms with Crippen LogP contribution in [0.2, 0.25) is 0 Å². The van der Waals surface area contributed by atoms with Gasteiger partial charge in [-0.25, -0.2) is 14.4 Å². The summed E-state index contributed by atoms with van der Waals surface area (Å²) in [6.07, 6.45) is 7.30. The van der Waals surface area contributed by atoms with Crippen LogP contribution in [-0.2, 0) is 26.4 Å². The van der Waals surface area contributed by atoms with Crippen molar-refractivity contribution in [3.63, 3.8) is 0 Å². The van der Waals surface area contributed by atoms with E-state index in [1.165, 1.54) is 11.6 Å². The molecule has 4 rings (SSSR count). The Hall–Kier alpha value is -2.60. The van der Waals surface area contributed by atoms with Crippen LogP contribution in [0.15, 0.2) is 43.0 Å². The normalized spacial score (nSPS) is 15.0. The van der Waals surface area contributed by atoms with Crippen LogP contribution < -0.4 is 0 Å². The molecule has 0 atom stereocenters. The summed E-state index contributed by atoms with van der Waals surface area (Å²) in [4.78, 5) is 11.3. The molecular weight excluding hydrogens is 317 g/mol. The molecule has 3 heterocycles. The van der Waals surface area contributed by atoms with Crippen molar-refractivity contribution in [2.75, 3.05) is 13.1 Å². The first-order valence-corrected chi connectivity index (χ1v) is 8.47. The second-order valence-corrected chi connectivity index (χ2v) is 6.46. The molecule has 1 aliphatic heterocycles. The van der Waals surface area contributed by atoms with Gasteiger partial charge in [0.15, 0.2) is 0 Å². The van der Waals surface area contributed by atoms with E-state index in [0.717, 1.165) is 55.0 Å². The Balaban J connectivity index is 1.58. The van der Waals surface area contributed by atoms with E-state index >= 15 is 0 Å². The minimum absolute atomic E-state index is 0.239. The van der Waals surface area contributed by atoms with Crippen LogP contribution in [0.3, 0.4) is 0 Å². The summed E-state index contributed by atoms with van der Waals surface area (Å²) < 4.78 is 15.4. The van der Waals surface area contributed by atoms with Gasteiger partial charge in [0.05, 0.1) is 11.9 Å². The first kappa shape index (κ1) is 15.9. The fraction of sp³-hybridized carbons (Fsp3) is 0.316. The molecule has 0 radical (unpaired) electrons. The van der Waals surface area contributed by atoms with Crippen LogP contribution in [0.25, 0.3) is 11.3 Å². The van der Waals surface area contributed by atoms with Crippen LogP contribution >= 0.6 is 0 Å². The molecule has 6 heteroatoms. The molecule has 0 unspecified atom stereocenters. The van der Waals surface area contributed by atoms with Gasteiger partial charge in [0.2, 0.25) is 0 Å². The second kappa shape index (κ2) is 6.72. The zero-order chi connectivity index (χ0) is 17.2. The van der Waals surface area contributed by atoms with Crippen LogP contribution in [0.5, 0.6) is 0 Å². The van der Waals surface area contributed by atoms with Crippen molar-refractivity contribution in [2.24, 2.45) is 7.05 Å². The summed E-state index contributed by atoms with van der Waals surface area (Å²) in [5.41, 5.74) is 5.10. The Morgan fingerprint density at radius 2 is 2.04 bits per heavy atom. The van der Waals surface area contributed by atoms with Gasteiger partial charge in [-0.1, -0.05) is 12.1 Å². The maximum absolute atomic E-state index is 13.6. The molecule has 0 amide bonds. The van der Waals surface area contributed by atoms with Gasteiger partial charge < -0.3 is 0 Å². The number of nitrogens with zero attached hydrogens (tertiary/aromatic N) is 5. The van der Waals surface area contributed by atoms with Gasteiger partial charge in [0.25, 0.3) is 0 Å². The molecule has 2 aromatic heterocycles. The lowest BCUT2D eigenvalue weighted by Gasteiger charge is -2.18. The SMILES string of the molecule is Cn1cc(CN2CCc3ncnc(-c4cccc(F)c4)c3CC2)cn1. The number of fused-ring (bicyclic) bond motifs is 1. The molecule has 0 aliphatic carbocycles. The van der Waals surface area contributed by atoms with E-state index in [1.54, 1.807) is 18.5 Å². The highest BCUT2D eigenvalue weighted by Crippen LogP contribution is 2.26. The minimum Gasteiger partial charge on any atom is -0.298 e. The molecule has 0 N–H and O–H groups in total. The molecule has 0 bridgehead atoms. The van der Waals surface area contributed by atoms with Crippen LogP contribution in [-0.4, -0.2) is 37.7 Å². The lowest BCUT2D eigenvalue weighted by Crippen LogP contribution is -2.25. The molecular formula is C19H20FN5. The summed E-state index contributed by atoms with van der Waals surface area (Å²) >= 11 is 0. The summed E-state index contributed by atoms with van der Waals surface area (Å²) in [6, 6.07) is 6.63. The first-order chi connectivity index (χ1) is 12.2. The van der Waals surface area contributed by atoms with Crippen molar-refractivity contribution in [3.8, 4) is 11.3 Å². The van der Waals surface area contributed by atoms with Gasteiger partial charge in [-0.2, -0.15) is 5.10 Å². The fourth-order valence-corrected chi connectivity index (χ4v) is 3.43. The predicted octanol–water partition coefficient (Wildman–Crippen LogP) is 2.62. The maximum Gasteiger partial charge on any atom is 0.123 e. The third-order valence-electron chi connectivity index (χ3n) is 4.64. The van der Waals surface area contributed by atoms with E-state index < -0.39 is 0 Å². The summed E-state index contributed by atoms with van der Waals surface area (Å²) in [7, 11) is 1.93. The van der Waals surface area contributed by atoms with Crippen molar-refractivity contribution >= 4 is 0 Å². The van der Waals surface area contributed by atoms with Gasteiger partial charge in [-0.15, -0.1) is 0 Å². The molecule has 1 aromatic carbocycles. The molecule has 0 saturated carbocycles. The highest BCUT2D eigenvalue weighted by molar-refractivity contribution is 5.64. The Bertz CT molecular complexity index is 889. The summed E-state index contributed by atoms with van der Waals surface area (Å²) in [5.74, 6) is -0.239. The van der Waals surface area contributed by atoms with Crippen molar-refractivity contribution < 1.29 is 4.39 Å². The second-order valence-electron chi connectivity index (χ2n) is 6.46. The Labute approximate surface area is 146 Å². The molecule has 128 valence electrons. The van der Waals surface area contributed by atoms with Crippen molar-refractivity contribution in [2.45, 2.75) is 19.4 Å². The smallest absolute Gasteiger partial charge is 0.123 e. The van der Waals surface area contributed by atoms with Crippen molar-refractivity contribution in [1.29, 1.82) is 0 Å². The standard InChI is InChI=1S/C19H20FN5/c1-24-11-14(10-23-24)12-25-7-5-17-18(6-8-25)21-13-22-19(17)15-3-2-4-16(20)9-15/h2-4,9-11,13H,5-8,12H2,1H3. The molecule has 1 aliphatic rings. The monoisotopic (exact) mass is 337 g/mol. The highest BCUT2D eigenvalue weighted by atomic mass is 19.1. The highest BCUT2D eigenvalue weighted by Gasteiger charge is 2.19. The third kappa shape index (κ3) is 3.44. The number of benzene rings is 1. The number of aryl methyl sites for hydroxylation is 1. The molecule has 0 spiro atoms. The summed E-state index contributed by atoms with van der Waals surface area (Å²) in [5, 5.41) is 4.24. The molecule has 0 saturated heterocycles. The van der Waals surface area contributed by atoms with Gasteiger partial charge >= 0.3 is 0 Å². The Kier molecular flexibility index (Phi) is 4.28. The topological polar surface area (TPSA) is 46.8 Å². The van der Waals surface area contributed by atoms with E-state index in [2.05, 4.69) is 26.2 Å².